The average Bonchev–Trinajstić information content (AvgIpc) is 0.863. The van der Waals surface area contributed by atoms with Crippen LogP contribution in [-0.4, -0.2) is 87.2 Å². The zero-order valence-electron chi connectivity index (χ0n) is 65.4. The van der Waals surface area contributed by atoms with E-state index in [1.165, 1.54) is 36.0 Å². The number of carbonyl (C=O) groups excluding carboxylic acids is 1. The van der Waals surface area contributed by atoms with Gasteiger partial charge in [-0.25, -0.2) is 24.2 Å². The summed E-state index contributed by atoms with van der Waals surface area (Å²) in [5.74, 6) is 6.76. The molecule has 4 aliphatic heterocycles. The summed E-state index contributed by atoms with van der Waals surface area (Å²) in [6.07, 6.45) is 10.4. The molecule has 1 aromatic carbocycles. The average molecular weight is 1540 g/mol. The summed E-state index contributed by atoms with van der Waals surface area (Å²) < 4.78 is 2.94. The van der Waals surface area contributed by atoms with Crippen LogP contribution in [0, 0.1) is 17.8 Å². The normalized spacial score (nSPS) is 13.7. The van der Waals surface area contributed by atoms with Crippen molar-refractivity contribution in [3.05, 3.63) is 243 Å². The maximum atomic E-state index is 11.2. The van der Waals surface area contributed by atoms with Gasteiger partial charge in [-0.3, -0.25) is 53.1 Å². The molecule has 0 spiro atoms. The number of amides is 1. The third-order valence-electron chi connectivity index (χ3n) is 14.5. The van der Waals surface area contributed by atoms with Gasteiger partial charge in [0.05, 0.1) is 18.1 Å². The van der Waals surface area contributed by atoms with Gasteiger partial charge in [0.25, 0.3) is 17.0 Å². The minimum atomic E-state index is -0.369. The van der Waals surface area contributed by atoms with Gasteiger partial charge in [-0.15, -0.1) is 0 Å². The summed E-state index contributed by atoms with van der Waals surface area (Å²) in [5, 5.41) is 21.8. The van der Waals surface area contributed by atoms with Crippen LogP contribution in [0.2, 0.25) is 0 Å². The van der Waals surface area contributed by atoms with Crippen molar-refractivity contribution in [1.29, 1.82) is 0 Å². The molecule has 5 aromatic heterocycles. The minimum absolute atomic E-state index is 0. The molecule has 0 saturated heterocycles. The summed E-state index contributed by atoms with van der Waals surface area (Å²) in [4.78, 5) is 129. The maximum absolute atomic E-state index is 11.2. The van der Waals surface area contributed by atoms with Crippen molar-refractivity contribution in [3.63, 3.8) is 0 Å². The van der Waals surface area contributed by atoms with E-state index in [9.17, 15) is 43.2 Å². The number of nitrogens with zero attached hydrogens (tertiary/aromatic N) is 7. The first-order valence-corrected chi connectivity index (χ1v) is 35.4. The van der Waals surface area contributed by atoms with Gasteiger partial charge in [0.2, 0.25) is 16.4 Å². The number of amidine groups is 2. The summed E-state index contributed by atoms with van der Waals surface area (Å²) in [5.41, 5.74) is 5.89. The topological polar surface area (TPSA) is 377 Å². The number of hydrogen-bond donors (Lipinski definition) is 11. The third-order valence-corrected chi connectivity index (χ3v) is 14.9. The van der Waals surface area contributed by atoms with Crippen LogP contribution in [0.15, 0.2) is 179 Å². The Hall–Kier alpha value is -10.1. The lowest BCUT2D eigenvalue weighted by Crippen LogP contribution is -2.43. The first-order valence-electron chi connectivity index (χ1n) is 34.6. The SMILES string of the molecule is C.C.C=C1C=CN=C(C(C)C)N1.C=C1C=NC=C(C(C)C)N1.C=C1NC(=O)C=C(C(C)C)N1.CC(C)c1cc(=O)cc[nH]1.CC(C)c1cc(=O)n(C)c(=O)[nH]1.CC(C)c1cccc(=O)[nH]1.CC(C)c1nc(Br)cc(=O)[nH]1.CC(C)c1nn(C)c(=O)[nH]1.CC1=NCC(C)N1.CCNc1c(C(C)(C)C)c(=O)c1=O. The molecule has 11 N–H and O–H groups in total. The lowest BCUT2D eigenvalue weighted by Gasteiger charge is -2.23. The van der Waals surface area contributed by atoms with E-state index in [0.29, 0.717) is 75.4 Å². The Morgan fingerprint density at radius 3 is 1.59 bits per heavy atom. The molecule has 4 aliphatic rings. The Morgan fingerprint density at radius 2 is 1.23 bits per heavy atom. The Bertz CT molecular complexity index is 4290. The number of aromatic amines is 5. The second kappa shape index (κ2) is 48.1. The molecule has 27 nitrogen and oxygen atoms in total. The highest BCUT2D eigenvalue weighted by molar-refractivity contribution is 9.10. The Morgan fingerprint density at radius 1 is 0.632 bits per heavy atom. The summed E-state index contributed by atoms with van der Waals surface area (Å²) >= 11 is 3.15. The van der Waals surface area contributed by atoms with Crippen molar-refractivity contribution in [1.82, 2.24) is 70.8 Å². The molecule has 6 aromatic rings. The largest absolute Gasteiger partial charge is 0.382 e. The van der Waals surface area contributed by atoms with E-state index in [4.69, 9.17) is 0 Å². The van der Waals surface area contributed by atoms with Gasteiger partial charge >= 0.3 is 11.4 Å². The van der Waals surface area contributed by atoms with E-state index in [-0.39, 0.29) is 88.3 Å². The van der Waals surface area contributed by atoms with E-state index in [1.54, 1.807) is 43.9 Å². The smallest absolute Gasteiger partial charge is 0.343 e. The molecule has 0 saturated carbocycles. The fourth-order valence-electron chi connectivity index (χ4n) is 8.43. The number of halogens is 1. The van der Waals surface area contributed by atoms with Crippen molar-refractivity contribution >= 4 is 45.4 Å². The molecule has 0 bridgehead atoms. The number of allylic oxidation sites excluding steroid dienone is 4. The van der Waals surface area contributed by atoms with Crippen molar-refractivity contribution in [3.8, 4) is 0 Å². The number of rotatable bonds is 10. The van der Waals surface area contributed by atoms with Crippen molar-refractivity contribution in [2.45, 2.75) is 208 Å². The van der Waals surface area contributed by atoms with Gasteiger partial charge < -0.3 is 51.8 Å². The molecule has 28 heteroatoms. The van der Waals surface area contributed by atoms with Gasteiger partial charge in [-0.05, 0) is 83.8 Å². The second-order valence-electron chi connectivity index (χ2n) is 27.9. The number of aliphatic imine (C=N–C) groups is 3. The molecular formula is C78H123BrN18O9. The van der Waals surface area contributed by atoms with Crippen molar-refractivity contribution in [2.75, 3.05) is 18.4 Å². The van der Waals surface area contributed by atoms with E-state index in [2.05, 4.69) is 152 Å². The highest BCUT2D eigenvalue weighted by Gasteiger charge is 2.29. The number of hydrogen-bond acceptors (Lipinski definition) is 19. The predicted molar refractivity (Wildman–Crippen MR) is 442 cm³/mol. The van der Waals surface area contributed by atoms with Crippen LogP contribution in [0.1, 0.15) is 231 Å². The van der Waals surface area contributed by atoms with Crippen LogP contribution in [0.4, 0.5) is 5.69 Å². The van der Waals surface area contributed by atoms with Crippen LogP contribution in [-0.2, 0) is 24.3 Å². The molecule has 1 atom stereocenters. The first kappa shape index (κ1) is 97.9. The zero-order chi connectivity index (χ0) is 79.6. The molecule has 10 rings (SSSR count). The fourth-order valence-corrected chi connectivity index (χ4v) is 8.83. The monoisotopic (exact) mass is 1530 g/mol. The molecule has 1 unspecified atom stereocenters. The van der Waals surface area contributed by atoms with Crippen molar-refractivity contribution in [2.24, 2.45) is 46.8 Å². The van der Waals surface area contributed by atoms with Crippen LogP contribution in [0.3, 0.4) is 0 Å². The molecule has 1 amide bonds. The number of nitrogens with one attached hydrogen (secondary N) is 11. The minimum Gasteiger partial charge on any atom is -0.382 e. The molecule has 586 valence electrons. The molecule has 0 aliphatic carbocycles. The highest BCUT2D eigenvalue weighted by Crippen LogP contribution is 2.25. The van der Waals surface area contributed by atoms with Gasteiger partial charge in [0, 0.05) is 151 Å². The quantitative estimate of drug-likeness (QED) is 0.0448. The lowest BCUT2D eigenvalue weighted by molar-refractivity contribution is -0.116. The number of aromatic nitrogens is 9. The Labute approximate surface area is 634 Å². The van der Waals surface area contributed by atoms with Crippen molar-refractivity contribution < 1.29 is 4.79 Å². The number of carbonyl (C=O) groups is 1. The highest BCUT2D eigenvalue weighted by atomic mass is 79.9. The standard InChI is InChI=1S/C10H15NO2.C8H12N2O2.C8H12N2O.2C8H12N2.2C8H11NO.C7H9BrN2O.C6H11N3O.C5H10N2.2CH4/c1-5-11-7-6(10(2,3)4)8(12)9(7)13;1-5(2)6-4-7(11)10(3)8(12)9-6;1-5(2)7-4-8(11)10-6(3)9-7;1-6(2)8-5-9-4-7(3)10-8;1-6(2)8-9-5-4-7(3)10-8;1-6(2)8-5-7(10)3-4-9-8;1-6(2)7-4-3-5-8(10)9-7;1-4(2)7-9-5(8)3-6(11)10-7;1-4(2)5-7-6(10)9(3)8-5;1-4-3-6-5(2)7-4;;/h11H,5H2,1-4H3;4-5H,1-3H3,(H,9,12);4-5,9H,3H2,1-2H3,(H,10,11);4-6,10H,3H2,1-2H3;4-6H,3H2,1-2H3,(H,9,10);2*3-6H,1-2H3,(H,9,10);3-4H,1-2H3,(H,9,10,11);4H,1-3H3,(H,7,8,10);4H,3H2,1-2H3,(H,6,7);2*1H4. The third kappa shape index (κ3) is 37.0. The fraction of sp³-hybridized carbons (Fsp3) is 0.487. The van der Waals surface area contributed by atoms with Crippen LogP contribution >= 0.6 is 15.9 Å². The zero-order valence-corrected chi connectivity index (χ0v) is 67.0. The molecule has 0 fully saturated rings. The molecule has 106 heavy (non-hydrogen) atoms. The van der Waals surface area contributed by atoms with E-state index < -0.39 is 0 Å². The number of pyridine rings is 2. The number of H-pyrrole nitrogens is 5. The Kier molecular flexibility index (Phi) is 44.4. The van der Waals surface area contributed by atoms with E-state index >= 15 is 0 Å². The predicted octanol–water partition coefficient (Wildman–Crippen LogP) is 11.8. The second-order valence-corrected chi connectivity index (χ2v) is 28.7. The molecular weight excluding hydrogens is 1410 g/mol. The number of anilines is 1. The first-order chi connectivity index (χ1) is 48.3. The van der Waals surface area contributed by atoms with Gasteiger partial charge in [-0.1, -0.05) is 172 Å². The van der Waals surface area contributed by atoms with Crippen LogP contribution in [0.25, 0.3) is 0 Å². The van der Waals surface area contributed by atoms with E-state index in [1.807, 2.05) is 136 Å². The molecule has 0 radical (unpaired) electrons. The van der Waals surface area contributed by atoms with Gasteiger partial charge in [0.15, 0.2) is 5.43 Å². The van der Waals surface area contributed by atoms with Crippen LogP contribution in [0.5, 0.6) is 0 Å². The molecule has 9 heterocycles. The lowest BCUT2D eigenvalue weighted by atomic mass is 9.82. The maximum Gasteiger partial charge on any atom is 0.343 e. The van der Waals surface area contributed by atoms with Gasteiger partial charge in [0.1, 0.15) is 27.9 Å². The summed E-state index contributed by atoms with van der Waals surface area (Å²) in [6, 6.07) is 11.8. The number of aryl methyl sites for hydroxylation is 1. The summed E-state index contributed by atoms with van der Waals surface area (Å²) in [6.45, 7) is 57.0. The summed E-state index contributed by atoms with van der Waals surface area (Å²) in [7, 11) is 3.08. The van der Waals surface area contributed by atoms with E-state index in [0.717, 1.165) is 62.8 Å². The Balaban J connectivity index is 0. The van der Waals surface area contributed by atoms with Crippen LogP contribution < -0.4 is 76.2 Å². The van der Waals surface area contributed by atoms with Gasteiger partial charge in [-0.2, -0.15) is 5.10 Å².